The topological polar surface area (TPSA) is 76.8 Å². The first-order chi connectivity index (χ1) is 12.6. The lowest BCUT2D eigenvalue weighted by Gasteiger charge is -2.21. The Morgan fingerprint density at radius 1 is 1.19 bits per heavy atom. The Morgan fingerprint density at radius 2 is 1.81 bits per heavy atom. The number of ether oxygens (including phenoxy) is 1. The summed E-state index contributed by atoms with van der Waals surface area (Å²) in [7, 11) is -3.53. The van der Waals surface area contributed by atoms with Crippen molar-refractivity contribution < 1.29 is 22.4 Å². The number of benzene rings is 1. The van der Waals surface area contributed by atoms with E-state index in [4.69, 9.17) is 9.15 Å². The van der Waals surface area contributed by atoms with Gasteiger partial charge < -0.3 is 9.15 Å². The number of rotatable bonds is 8. The maximum atomic E-state index is 12.4. The van der Waals surface area contributed by atoms with Crippen molar-refractivity contribution in [3.63, 3.8) is 0 Å². The van der Waals surface area contributed by atoms with E-state index in [9.17, 15) is 13.2 Å². The first-order valence-electron chi connectivity index (χ1n) is 8.95. The Balaban J connectivity index is 2.63. The van der Waals surface area contributed by atoms with Gasteiger partial charge in [0, 0.05) is 24.6 Å². The zero-order chi connectivity index (χ0) is 20.2. The van der Waals surface area contributed by atoms with E-state index in [1.165, 1.54) is 17.5 Å². The average Bonchev–Trinajstić information content (AvgIpc) is 2.89. The monoisotopic (exact) mass is 393 g/mol. The van der Waals surface area contributed by atoms with Gasteiger partial charge in [0.1, 0.15) is 12.4 Å². The van der Waals surface area contributed by atoms with Crippen LogP contribution in [0, 0.1) is 13.8 Å². The molecular formula is C20H27NO5S. The third-order valence-corrected chi connectivity index (χ3v) is 5.46. The normalized spacial score (nSPS) is 11.4. The summed E-state index contributed by atoms with van der Waals surface area (Å²) in [6.45, 7) is 7.45. The van der Waals surface area contributed by atoms with Crippen LogP contribution in [0.2, 0.25) is 0 Å². The molecule has 0 saturated carbocycles. The molecule has 0 unspecified atom stereocenters. The molecule has 148 valence electrons. The number of anilines is 1. The first kappa shape index (κ1) is 21.0. The number of furan rings is 1. The van der Waals surface area contributed by atoms with Crippen LogP contribution in [0.4, 0.5) is 5.88 Å². The van der Waals surface area contributed by atoms with E-state index >= 15 is 0 Å². The number of esters is 1. The van der Waals surface area contributed by atoms with E-state index in [0.717, 1.165) is 23.1 Å². The average molecular weight is 394 g/mol. The highest BCUT2D eigenvalue weighted by atomic mass is 32.2. The Hall–Kier alpha value is -2.28. The van der Waals surface area contributed by atoms with Crippen LogP contribution in [-0.4, -0.2) is 27.2 Å². The van der Waals surface area contributed by atoms with Gasteiger partial charge in [-0.3, -0.25) is 4.79 Å². The minimum Gasteiger partial charge on any atom is -0.458 e. The molecule has 0 aliphatic carbocycles. The molecule has 2 rings (SSSR count). The molecule has 1 aromatic carbocycles. The van der Waals surface area contributed by atoms with Crippen LogP contribution < -0.4 is 4.31 Å². The van der Waals surface area contributed by atoms with Crippen LogP contribution >= 0.6 is 0 Å². The second kappa shape index (κ2) is 8.61. The predicted molar refractivity (Wildman–Crippen MR) is 106 cm³/mol. The van der Waals surface area contributed by atoms with Crippen molar-refractivity contribution in [2.24, 2.45) is 0 Å². The molecule has 0 fully saturated rings. The molecule has 0 aliphatic heterocycles. The van der Waals surface area contributed by atoms with Gasteiger partial charge in [-0.25, -0.2) is 12.7 Å². The van der Waals surface area contributed by atoms with E-state index in [-0.39, 0.29) is 12.5 Å². The van der Waals surface area contributed by atoms with Gasteiger partial charge in [0.25, 0.3) is 0 Å². The summed E-state index contributed by atoms with van der Waals surface area (Å²) >= 11 is 0. The third kappa shape index (κ3) is 5.13. The molecule has 0 amide bonds. The molecular weight excluding hydrogens is 366 g/mol. The van der Waals surface area contributed by atoms with Gasteiger partial charge >= 0.3 is 5.97 Å². The zero-order valence-corrected chi connectivity index (χ0v) is 17.4. The van der Waals surface area contributed by atoms with Crippen molar-refractivity contribution in [2.75, 3.05) is 17.1 Å². The molecule has 7 heteroatoms. The fourth-order valence-electron chi connectivity index (χ4n) is 2.80. The number of hydrogen-bond acceptors (Lipinski definition) is 5. The number of unbranched alkanes of at least 4 members (excludes halogenated alkanes) is 1. The number of carbonyl (C=O) groups excluding carboxylic acids is 1. The van der Waals surface area contributed by atoms with Gasteiger partial charge in [-0.05, 0) is 25.8 Å². The Labute approximate surface area is 161 Å². The summed E-state index contributed by atoms with van der Waals surface area (Å²) in [5, 5.41) is 0. The molecule has 1 aromatic heterocycles. The van der Waals surface area contributed by atoms with Gasteiger partial charge in [0.2, 0.25) is 15.9 Å². The minimum absolute atomic E-state index is 0.0363. The predicted octanol–water partition coefficient (Wildman–Crippen LogP) is 4.19. The summed E-state index contributed by atoms with van der Waals surface area (Å²) in [6.07, 6.45) is 2.73. The largest absolute Gasteiger partial charge is 0.458 e. The molecule has 0 aliphatic rings. The zero-order valence-electron chi connectivity index (χ0n) is 16.5. The lowest BCUT2D eigenvalue weighted by Crippen LogP contribution is -2.30. The van der Waals surface area contributed by atoms with Crippen molar-refractivity contribution in [3.05, 3.63) is 41.2 Å². The summed E-state index contributed by atoms with van der Waals surface area (Å²) in [4.78, 5) is 11.2. The first-order valence-corrected chi connectivity index (χ1v) is 10.8. The van der Waals surface area contributed by atoms with Gasteiger partial charge in [0.05, 0.1) is 6.26 Å². The number of nitrogens with zero attached hydrogens (tertiary/aromatic N) is 1. The minimum atomic E-state index is -3.53. The van der Waals surface area contributed by atoms with Crippen molar-refractivity contribution >= 4 is 21.9 Å². The van der Waals surface area contributed by atoms with Crippen LogP contribution in [0.25, 0.3) is 11.1 Å². The van der Waals surface area contributed by atoms with Gasteiger partial charge in [-0.15, -0.1) is 0 Å². The highest BCUT2D eigenvalue weighted by Gasteiger charge is 2.28. The fraction of sp³-hybridized carbons (Fsp3) is 0.450. The molecule has 0 saturated heterocycles. The number of sulfonamides is 1. The Morgan fingerprint density at radius 3 is 2.33 bits per heavy atom. The van der Waals surface area contributed by atoms with Crippen molar-refractivity contribution in [1.29, 1.82) is 0 Å². The van der Waals surface area contributed by atoms with Gasteiger partial charge in [-0.1, -0.05) is 43.2 Å². The molecule has 0 N–H and O–H groups in total. The van der Waals surface area contributed by atoms with Crippen LogP contribution in [0.1, 0.15) is 43.6 Å². The van der Waals surface area contributed by atoms with Crippen molar-refractivity contribution in [2.45, 2.75) is 47.1 Å². The van der Waals surface area contributed by atoms with Crippen LogP contribution in [0.15, 0.2) is 28.7 Å². The molecule has 2 aromatic rings. The van der Waals surface area contributed by atoms with E-state index in [0.29, 0.717) is 24.3 Å². The molecule has 6 nitrogen and oxygen atoms in total. The number of hydrogen-bond donors (Lipinski definition) is 0. The third-order valence-electron chi connectivity index (χ3n) is 4.32. The van der Waals surface area contributed by atoms with Crippen LogP contribution in [0.5, 0.6) is 0 Å². The molecule has 1 heterocycles. The SMILES string of the molecule is CCCCN(c1oc(COC(C)=O)c(C)c1-c1ccc(C)cc1)S(C)(=O)=O. The highest BCUT2D eigenvalue weighted by Crippen LogP contribution is 2.40. The quantitative estimate of drug-likeness (QED) is 0.629. The maximum absolute atomic E-state index is 12.4. The molecule has 0 radical (unpaired) electrons. The molecule has 0 bridgehead atoms. The van der Waals surface area contributed by atoms with Gasteiger partial charge in [-0.2, -0.15) is 0 Å². The fourth-order valence-corrected chi connectivity index (χ4v) is 3.70. The lowest BCUT2D eigenvalue weighted by atomic mass is 10.0. The molecule has 0 spiro atoms. The summed E-state index contributed by atoms with van der Waals surface area (Å²) in [5.41, 5.74) is 3.43. The second-order valence-electron chi connectivity index (χ2n) is 6.67. The number of aryl methyl sites for hydroxylation is 1. The second-order valence-corrected chi connectivity index (χ2v) is 8.57. The van der Waals surface area contributed by atoms with E-state index < -0.39 is 16.0 Å². The Kier molecular flexibility index (Phi) is 6.70. The van der Waals surface area contributed by atoms with Crippen molar-refractivity contribution in [1.82, 2.24) is 0 Å². The summed E-state index contributed by atoms with van der Waals surface area (Å²) in [5.74, 6) is 0.297. The van der Waals surface area contributed by atoms with E-state index in [2.05, 4.69) is 0 Å². The summed E-state index contributed by atoms with van der Waals surface area (Å²) in [6, 6.07) is 7.81. The maximum Gasteiger partial charge on any atom is 0.303 e. The highest BCUT2D eigenvalue weighted by molar-refractivity contribution is 7.92. The Bertz CT molecular complexity index is 897. The lowest BCUT2D eigenvalue weighted by molar-refractivity contribution is -0.142. The summed E-state index contributed by atoms with van der Waals surface area (Å²) < 4.78 is 37.2. The molecule has 0 atom stereocenters. The molecule has 27 heavy (non-hydrogen) atoms. The van der Waals surface area contributed by atoms with E-state index in [1.807, 2.05) is 45.0 Å². The van der Waals surface area contributed by atoms with Crippen LogP contribution in [-0.2, 0) is 26.2 Å². The standard InChI is InChI=1S/C20H27NO5S/c1-6-7-12-21(27(5,23)24)20-19(17-10-8-14(2)9-11-17)15(3)18(26-20)13-25-16(4)22/h8-11H,6-7,12-13H2,1-5H3. The smallest absolute Gasteiger partial charge is 0.303 e. The number of carbonyl (C=O) groups is 1. The van der Waals surface area contributed by atoms with Gasteiger partial charge in [0.15, 0.2) is 0 Å². The van der Waals surface area contributed by atoms with Crippen LogP contribution in [0.3, 0.4) is 0 Å². The van der Waals surface area contributed by atoms with E-state index in [1.54, 1.807) is 0 Å². The van der Waals surface area contributed by atoms with Crippen molar-refractivity contribution in [3.8, 4) is 11.1 Å².